The number of hydrogen-bond donors (Lipinski definition) is 1. The minimum atomic E-state index is 0.219. The third-order valence-corrected chi connectivity index (χ3v) is 5.72. The van der Waals surface area contributed by atoms with Gasteiger partial charge in [-0.05, 0) is 20.3 Å². The van der Waals surface area contributed by atoms with Crippen molar-refractivity contribution in [1.29, 1.82) is 0 Å². The molecule has 160 valence electrons. The van der Waals surface area contributed by atoms with E-state index in [0.717, 1.165) is 71.8 Å². The Balaban J connectivity index is 1.49. The smallest absolute Gasteiger partial charge is 0.165 e. The molecule has 1 aliphatic heterocycles. The molecule has 31 heavy (non-hydrogen) atoms. The van der Waals surface area contributed by atoms with Crippen molar-refractivity contribution in [3.05, 3.63) is 36.2 Å². The van der Waals surface area contributed by atoms with Crippen LogP contribution in [0.15, 0.2) is 18.7 Å². The van der Waals surface area contributed by atoms with Gasteiger partial charge < -0.3 is 14.5 Å². The van der Waals surface area contributed by atoms with E-state index < -0.39 is 0 Å². The van der Waals surface area contributed by atoms with Crippen LogP contribution in [0.4, 0.5) is 5.82 Å². The van der Waals surface area contributed by atoms with Crippen molar-refractivity contribution in [3.63, 3.8) is 0 Å². The minimum absolute atomic E-state index is 0.219. The first-order chi connectivity index (χ1) is 15.0. The van der Waals surface area contributed by atoms with Gasteiger partial charge in [-0.2, -0.15) is 0 Å². The van der Waals surface area contributed by atoms with Crippen molar-refractivity contribution >= 4 is 17.0 Å². The van der Waals surface area contributed by atoms with Gasteiger partial charge in [0.15, 0.2) is 17.0 Å². The Labute approximate surface area is 180 Å². The van der Waals surface area contributed by atoms with Crippen molar-refractivity contribution in [2.24, 2.45) is 0 Å². The average molecular weight is 419 g/mol. The van der Waals surface area contributed by atoms with Gasteiger partial charge in [0.1, 0.15) is 29.6 Å². The third kappa shape index (κ3) is 3.41. The summed E-state index contributed by atoms with van der Waals surface area (Å²) in [4.78, 5) is 22.6. The van der Waals surface area contributed by atoms with E-state index in [-0.39, 0.29) is 6.04 Å². The molecule has 0 amide bonds. The number of imidazole rings is 1. The summed E-state index contributed by atoms with van der Waals surface area (Å²) in [7, 11) is 0. The van der Waals surface area contributed by atoms with E-state index >= 15 is 0 Å². The van der Waals surface area contributed by atoms with Gasteiger partial charge in [0, 0.05) is 43.9 Å². The Bertz CT molecular complexity index is 1220. The number of nitrogens with zero attached hydrogens (tertiary/aromatic N) is 9. The van der Waals surface area contributed by atoms with Gasteiger partial charge in [-0.1, -0.05) is 13.8 Å². The first kappa shape index (κ1) is 19.5. The molecule has 1 atom stereocenters. The molecule has 0 unspecified atom stereocenters. The number of anilines is 1. The zero-order valence-corrected chi connectivity index (χ0v) is 18.2. The monoisotopic (exact) mass is 418 g/mol. The molecule has 0 saturated heterocycles. The Hall–Kier alpha value is -3.43. The van der Waals surface area contributed by atoms with Crippen LogP contribution in [-0.4, -0.2) is 50.3 Å². The summed E-state index contributed by atoms with van der Waals surface area (Å²) in [5.41, 5.74) is 2.43. The normalized spacial score (nSPS) is 16.1. The molecule has 0 aliphatic carbocycles. The molecule has 5 rings (SSSR count). The van der Waals surface area contributed by atoms with Crippen LogP contribution in [0, 0.1) is 6.92 Å². The summed E-state index contributed by atoms with van der Waals surface area (Å²) in [5, 5.41) is 12.4. The van der Waals surface area contributed by atoms with Crippen LogP contribution in [0.3, 0.4) is 0 Å². The van der Waals surface area contributed by atoms with Gasteiger partial charge in [0.05, 0.1) is 5.56 Å². The van der Waals surface area contributed by atoms with Gasteiger partial charge >= 0.3 is 0 Å². The van der Waals surface area contributed by atoms with E-state index in [1.54, 1.807) is 18.7 Å². The van der Waals surface area contributed by atoms with Gasteiger partial charge in [-0.3, -0.25) is 0 Å². The molecule has 0 bridgehead atoms. The number of fused-ring (bicyclic) bond motifs is 2. The summed E-state index contributed by atoms with van der Waals surface area (Å²) < 4.78 is 4.32. The van der Waals surface area contributed by atoms with E-state index in [1.807, 2.05) is 6.92 Å². The third-order valence-electron chi connectivity index (χ3n) is 5.72. The Morgan fingerprint density at radius 3 is 2.68 bits per heavy atom. The molecular weight excluding hydrogens is 392 g/mol. The highest BCUT2D eigenvalue weighted by Crippen LogP contribution is 2.28. The first-order valence-electron chi connectivity index (χ1n) is 10.7. The van der Waals surface area contributed by atoms with E-state index in [0.29, 0.717) is 5.92 Å². The highest BCUT2D eigenvalue weighted by Gasteiger charge is 2.25. The fourth-order valence-electron chi connectivity index (χ4n) is 4.16. The van der Waals surface area contributed by atoms with Crippen LogP contribution < -0.4 is 5.32 Å². The molecule has 10 heteroatoms. The minimum Gasteiger partial charge on any atom is -0.364 e. The number of rotatable bonds is 5. The fraction of sp³-hybridized carbons (Fsp3) is 0.476. The summed E-state index contributed by atoms with van der Waals surface area (Å²) in [6, 6.07) is 0.219. The Morgan fingerprint density at radius 2 is 1.94 bits per heavy atom. The van der Waals surface area contributed by atoms with Crippen LogP contribution in [0.5, 0.6) is 0 Å². The molecule has 1 aliphatic rings. The maximum Gasteiger partial charge on any atom is 0.165 e. The highest BCUT2D eigenvalue weighted by atomic mass is 15.3. The molecule has 4 aromatic heterocycles. The predicted octanol–water partition coefficient (Wildman–Crippen LogP) is 2.75. The Kier molecular flexibility index (Phi) is 4.84. The van der Waals surface area contributed by atoms with Crippen LogP contribution in [-0.2, 0) is 19.5 Å². The molecule has 0 fully saturated rings. The number of nitrogens with one attached hydrogen (secondary N) is 1. The second-order valence-corrected chi connectivity index (χ2v) is 8.21. The second kappa shape index (κ2) is 7.68. The zero-order valence-electron chi connectivity index (χ0n) is 18.2. The van der Waals surface area contributed by atoms with Gasteiger partial charge in [0.2, 0.25) is 0 Å². The topological polar surface area (TPSA) is 112 Å². The summed E-state index contributed by atoms with van der Waals surface area (Å²) in [5.74, 6) is 4.71. The molecule has 0 saturated carbocycles. The molecule has 1 N–H and O–H groups in total. The summed E-state index contributed by atoms with van der Waals surface area (Å²) >= 11 is 0. The molecule has 10 nitrogen and oxygen atoms in total. The number of hydrogen-bond acceptors (Lipinski definition) is 8. The maximum atomic E-state index is 4.89. The summed E-state index contributed by atoms with van der Waals surface area (Å²) in [6.07, 6.45) is 7.06. The van der Waals surface area contributed by atoms with Crippen LogP contribution in [0.2, 0.25) is 0 Å². The van der Waals surface area contributed by atoms with Crippen LogP contribution in [0.1, 0.15) is 50.6 Å². The SMILES string of the molecule is CCn1c(-c2cnc(C)nc2)nc2c(N[C@H]3CCc4nnc(C(C)C)n4C3)ncnc21. The van der Waals surface area contributed by atoms with E-state index in [1.165, 1.54) is 0 Å². The van der Waals surface area contributed by atoms with Gasteiger partial charge in [-0.25, -0.2) is 24.9 Å². The molecule has 5 heterocycles. The molecule has 0 radical (unpaired) electrons. The van der Waals surface area contributed by atoms with Crippen LogP contribution in [0.25, 0.3) is 22.6 Å². The highest BCUT2D eigenvalue weighted by molar-refractivity contribution is 5.86. The fourth-order valence-corrected chi connectivity index (χ4v) is 4.16. The lowest BCUT2D eigenvalue weighted by molar-refractivity contribution is 0.459. The van der Waals surface area contributed by atoms with E-state index in [2.05, 4.69) is 65.4 Å². The Morgan fingerprint density at radius 1 is 1.13 bits per heavy atom. The lowest BCUT2D eigenvalue weighted by atomic mass is 10.1. The van der Waals surface area contributed by atoms with E-state index in [9.17, 15) is 0 Å². The largest absolute Gasteiger partial charge is 0.364 e. The molecular formula is C21H26N10. The number of aromatic nitrogens is 9. The van der Waals surface area contributed by atoms with E-state index in [4.69, 9.17) is 4.98 Å². The first-order valence-corrected chi connectivity index (χ1v) is 10.7. The van der Waals surface area contributed by atoms with Crippen molar-refractivity contribution in [1.82, 2.24) is 44.3 Å². The van der Waals surface area contributed by atoms with Crippen molar-refractivity contribution < 1.29 is 0 Å². The van der Waals surface area contributed by atoms with Crippen molar-refractivity contribution in [2.75, 3.05) is 5.32 Å². The zero-order chi connectivity index (χ0) is 21.5. The molecule has 4 aromatic rings. The second-order valence-electron chi connectivity index (χ2n) is 8.21. The quantitative estimate of drug-likeness (QED) is 0.526. The predicted molar refractivity (Wildman–Crippen MR) is 117 cm³/mol. The standard InChI is InChI=1S/C21H26N10/c1-5-30-20(14-8-22-13(4)23-9-14)27-17-18(24-11-25-21(17)30)26-15-6-7-16-28-29-19(12(2)3)31(16)10-15/h8-9,11-12,15H,5-7,10H2,1-4H3,(H,24,25,26)/t15-/m0/s1. The van der Waals surface area contributed by atoms with Gasteiger partial charge in [0.25, 0.3) is 0 Å². The molecule has 0 aromatic carbocycles. The van der Waals surface area contributed by atoms with Crippen molar-refractivity contribution in [3.8, 4) is 11.4 Å². The number of aryl methyl sites for hydroxylation is 3. The lowest BCUT2D eigenvalue weighted by Crippen LogP contribution is -2.32. The molecule has 0 spiro atoms. The van der Waals surface area contributed by atoms with Gasteiger partial charge in [-0.15, -0.1) is 10.2 Å². The average Bonchev–Trinajstić information content (AvgIpc) is 3.36. The van der Waals surface area contributed by atoms with Crippen LogP contribution >= 0.6 is 0 Å². The van der Waals surface area contributed by atoms with Crippen molar-refractivity contribution in [2.45, 2.75) is 65.6 Å². The maximum absolute atomic E-state index is 4.89. The lowest BCUT2D eigenvalue weighted by Gasteiger charge is -2.26. The summed E-state index contributed by atoms with van der Waals surface area (Å²) in [6.45, 7) is 9.80.